The fourth-order valence-corrected chi connectivity index (χ4v) is 2.47. The molecule has 0 spiro atoms. The van der Waals surface area contributed by atoms with Crippen molar-refractivity contribution < 1.29 is 27.5 Å². The van der Waals surface area contributed by atoms with E-state index < -0.39 is 18.1 Å². The number of rotatable bonds is 3. The summed E-state index contributed by atoms with van der Waals surface area (Å²) in [4.78, 5) is 22.2. The van der Waals surface area contributed by atoms with Gasteiger partial charge in [0.05, 0.1) is 16.0 Å². The second-order valence-electron chi connectivity index (χ2n) is 2.97. The van der Waals surface area contributed by atoms with Crippen molar-refractivity contribution >= 4 is 44.1 Å². The van der Waals surface area contributed by atoms with Crippen molar-refractivity contribution in [3.05, 3.63) is 15.4 Å². The largest absolute Gasteiger partial charge is 0.471 e. The van der Waals surface area contributed by atoms with Crippen molar-refractivity contribution in [2.24, 2.45) is 0 Å². The van der Waals surface area contributed by atoms with Crippen molar-refractivity contribution in [1.29, 1.82) is 0 Å². The SMILES string of the molecule is CCOC(=O)c1cc(Br)sc1NC(=O)C(F)(F)F. The number of nitrogens with one attached hydrogen (secondary N) is 1. The van der Waals surface area contributed by atoms with Gasteiger partial charge in [-0.1, -0.05) is 0 Å². The number of amides is 1. The molecule has 18 heavy (non-hydrogen) atoms. The Morgan fingerprint density at radius 2 is 2.11 bits per heavy atom. The summed E-state index contributed by atoms with van der Waals surface area (Å²) in [6, 6.07) is 1.29. The number of alkyl halides is 3. The predicted octanol–water partition coefficient (Wildman–Crippen LogP) is 3.19. The normalized spacial score (nSPS) is 11.2. The Morgan fingerprint density at radius 1 is 1.50 bits per heavy atom. The van der Waals surface area contributed by atoms with Crippen LogP contribution in [0.2, 0.25) is 0 Å². The number of carbonyl (C=O) groups excluding carboxylic acids is 2. The van der Waals surface area contributed by atoms with Crippen LogP contribution in [0.1, 0.15) is 17.3 Å². The van der Waals surface area contributed by atoms with E-state index >= 15 is 0 Å². The highest BCUT2D eigenvalue weighted by Crippen LogP contribution is 2.33. The molecular weight excluding hydrogens is 339 g/mol. The quantitative estimate of drug-likeness (QED) is 0.856. The third kappa shape index (κ3) is 3.70. The van der Waals surface area contributed by atoms with Gasteiger partial charge in [0.2, 0.25) is 0 Å². The Bertz CT molecular complexity index is 472. The first-order valence-electron chi connectivity index (χ1n) is 4.60. The number of hydrogen-bond donors (Lipinski definition) is 1. The highest BCUT2D eigenvalue weighted by atomic mass is 79.9. The highest BCUT2D eigenvalue weighted by Gasteiger charge is 2.39. The lowest BCUT2D eigenvalue weighted by Gasteiger charge is -2.07. The van der Waals surface area contributed by atoms with Crippen molar-refractivity contribution in [3.63, 3.8) is 0 Å². The van der Waals surface area contributed by atoms with Crippen LogP contribution in [0.5, 0.6) is 0 Å². The van der Waals surface area contributed by atoms with Gasteiger partial charge >= 0.3 is 18.1 Å². The zero-order valence-corrected chi connectivity index (χ0v) is 11.3. The summed E-state index contributed by atoms with van der Waals surface area (Å²) in [5.74, 6) is -2.93. The van der Waals surface area contributed by atoms with Gasteiger partial charge in [-0.15, -0.1) is 11.3 Å². The van der Waals surface area contributed by atoms with Crippen LogP contribution in [-0.4, -0.2) is 24.7 Å². The van der Waals surface area contributed by atoms with Crippen molar-refractivity contribution in [1.82, 2.24) is 0 Å². The molecule has 0 aromatic carbocycles. The first-order valence-corrected chi connectivity index (χ1v) is 6.21. The highest BCUT2D eigenvalue weighted by molar-refractivity contribution is 9.11. The number of ether oxygens (including phenoxy) is 1. The number of hydrogen-bond acceptors (Lipinski definition) is 4. The minimum atomic E-state index is -5.01. The van der Waals surface area contributed by atoms with Gasteiger partial charge in [0, 0.05) is 0 Å². The number of carbonyl (C=O) groups is 2. The maximum absolute atomic E-state index is 12.1. The van der Waals surface area contributed by atoms with Gasteiger partial charge in [0.1, 0.15) is 5.00 Å². The molecule has 0 saturated heterocycles. The molecule has 0 radical (unpaired) electrons. The maximum Gasteiger partial charge on any atom is 0.471 e. The molecule has 0 fully saturated rings. The van der Waals surface area contributed by atoms with Crippen molar-refractivity contribution in [2.45, 2.75) is 13.1 Å². The fourth-order valence-electron chi connectivity index (χ4n) is 0.988. The first kappa shape index (κ1) is 15.0. The van der Waals surface area contributed by atoms with E-state index in [2.05, 4.69) is 20.7 Å². The van der Waals surface area contributed by atoms with Crippen LogP contribution in [0.3, 0.4) is 0 Å². The van der Waals surface area contributed by atoms with Crippen LogP contribution < -0.4 is 5.32 Å². The second-order valence-corrected chi connectivity index (χ2v) is 5.40. The van der Waals surface area contributed by atoms with E-state index in [1.807, 2.05) is 0 Å². The molecule has 4 nitrogen and oxygen atoms in total. The van der Waals surface area contributed by atoms with E-state index in [-0.39, 0.29) is 17.2 Å². The van der Waals surface area contributed by atoms with E-state index in [1.165, 1.54) is 6.07 Å². The molecule has 0 unspecified atom stereocenters. The van der Waals surface area contributed by atoms with Gasteiger partial charge in [0.25, 0.3) is 0 Å². The summed E-state index contributed by atoms with van der Waals surface area (Å²) in [7, 11) is 0. The molecule has 0 bridgehead atoms. The molecule has 1 aromatic heterocycles. The Kier molecular flexibility index (Phi) is 4.74. The van der Waals surface area contributed by atoms with Crippen LogP contribution in [-0.2, 0) is 9.53 Å². The monoisotopic (exact) mass is 345 g/mol. The topological polar surface area (TPSA) is 55.4 Å². The fraction of sp³-hybridized carbons (Fsp3) is 0.333. The molecule has 1 N–H and O–H groups in total. The van der Waals surface area contributed by atoms with E-state index in [4.69, 9.17) is 0 Å². The molecule has 9 heteroatoms. The third-order valence-corrected chi connectivity index (χ3v) is 3.24. The van der Waals surface area contributed by atoms with E-state index in [9.17, 15) is 22.8 Å². The van der Waals surface area contributed by atoms with Crippen molar-refractivity contribution in [2.75, 3.05) is 11.9 Å². The molecule has 1 rings (SSSR count). The van der Waals surface area contributed by atoms with Gasteiger partial charge in [-0.2, -0.15) is 13.2 Å². The molecule has 100 valence electrons. The molecule has 0 saturated carbocycles. The van der Waals surface area contributed by atoms with Gasteiger partial charge in [0.15, 0.2) is 0 Å². The average Bonchev–Trinajstić information content (AvgIpc) is 2.58. The van der Waals surface area contributed by atoms with Gasteiger partial charge < -0.3 is 10.1 Å². The minimum absolute atomic E-state index is 0.0823. The number of thiophene rings is 1. The van der Waals surface area contributed by atoms with Crippen LogP contribution in [0, 0.1) is 0 Å². The minimum Gasteiger partial charge on any atom is -0.462 e. The average molecular weight is 346 g/mol. The number of anilines is 1. The molecule has 1 aromatic rings. The molecular formula is C9H7BrF3NO3S. The number of halogens is 4. The summed E-state index contributed by atoms with van der Waals surface area (Å²) < 4.78 is 41.3. The predicted molar refractivity (Wildman–Crippen MR) is 62.7 cm³/mol. The maximum atomic E-state index is 12.1. The van der Waals surface area contributed by atoms with Gasteiger partial charge in [-0.3, -0.25) is 4.79 Å². The summed E-state index contributed by atoms with van der Waals surface area (Å²) in [5.41, 5.74) is -0.119. The van der Waals surface area contributed by atoms with Crippen LogP contribution in [0.25, 0.3) is 0 Å². The summed E-state index contributed by atoms with van der Waals surface area (Å²) in [6.07, 6.45) is -5.01. The Labute approximate surface area is 112 Å². The van der Waals surface area contributed by atoms with Crippen LogP contribution >= 0.6 is 27.3 Å². The Morgan fingerprint density at radius 3 is 2.61 bits per heavy atom. The molecule has 0 aliphatic heterocycles. The summed E-state index contributed by atoms with van der Waals surface area (Å²) in [5, 5.41) is 1.43. The van der Waals surface area contributed by atoms with Gasteiger partial charge in [-0.25, -0.2) is 4.79 Å². The summed E-state index contributed by atoms with van der Waals surface area (Å²) >= 11 is 3.82. The van der Waals surface area contributed by atoms with Crippen LogP contribution in [0.15, 0.2) is 9.85 Å². The van der Waals surface area contributed by atoms with Gasteiger partial charge in [-0.05, 0) is 28.9 Å². The second kappa shape index (κ2) is 5.70. The lowest BCUT2D eigenvalue weighted by molar-refractivity contribution is -0.167. The zero-order chi connectivity index (χ0) is 13.9. The molecule has 0 aliphatic rings. The lowest BCUT2D eigenvalue weighted by atomic mass is 10.3. The first-order chi connectivity index (χ1) is 8.25. The molecule has 1 amide bonds. The zero-order valence-electron chi connectivity index (χ0n) is 8.93. The van der Waals surface area contributed by atoms with E-state index in [0.29, 0.717) is 3.79 Å². The summed E-state index contributed by atoms with van der Waals surface area (Å²) in [6.45, 7) is 1.65. The molecule has 1 heterocycles. The van der Waals surface area contributed by atoms with E-state index in [0.717, 1.165) is 11.3 Å². The lowest BCUT2D eigenvalue weighted by Crippen LogP contribution is -2.30. The standard InChI is InChI=1S/C9H7BrF3NO3S/c1-2-17-7(15)4-3-5(10)18-6(4)14-8(16)9(11,12)13/h3H,2H2,1H3,(H,14,16). The molecule has 0 aliphatic carbocycles. The molecule has 0 atom stereocenters. The van der Waals surface area contributed by atoms with E-state index in [1.54, 1.807) is 12.2 Å². The van der Waals surface area contributed by atoms with Crippen LogP contribution in [0.4, 0.5) is 18.2 Å². The number of esters is 1. The van der Waals surface area contributed by atoms with Crippen molar-refractivity contribution in [3.8, 4) is 0 Å². The third-order valence-electron chi connectivity index (χ3n) is 1.68. The smallest absolute Gasteiger partial charge is 0.462 e. The Balaban J connectivity index is 2.96. The Hall–Kier alpha value is -1.09.